The number of aromatic nitrogens is 7. The van der Waals surface area contributed by atoms with E-state index in [0.29, 0.717) is 63.3 Å². The van der Waals surface area contributed by atoms with Crippen LogP contribution in [-0.2, 0) is 28.9 Å². The van der Waals surface area contributed by atoms with Crippen LogP contribution in [0.2, 0.25) is 0 Å². The van der Waals surface area contributed by atoms with Crippen molar-refractivity contribution in [2.24, 2.45) is 24.8 Å². The smallest absolute Gasteiger partial charge is 0.418 e. The quantitative estimate of drug-likeness (QED) is 0.0680. The van der Waals surface area contributed by atoms with Gasteiger partial charge in [0.2, 0.25) is 5.90 Å². The van der Waals surface area contributed by atoms with Crippen molar-refractivity contribution in [2.45, 2.75) is 107 Å². The Balaban J connectivity index is 0.951. The Labute approximate surface area is 372 Å². The Morgan fingerprint density at radius 3 is 2.00 bits per heavy atom. The average molecular weight is 930 g/mol. The fourth-order valence-electron chi connectivity index (χ4n) is 10.6. The summed E-state index contributed by atoms with van der Waals surface area (Å²) in [6.07, 6.45) is -3.48. The van der Waals surface area contributed by atoms with E-state index in [0.717, 1.165) is 12.1 Å². The Bertz CT molecular complexity index is 2560. The SMILES string of the molecule is CO[C@H](C)C12CC(C)C(CCC(=N)OC(=N)[C@@]34C[C@H](C)C[C@@H](C3)N4C(=O)Nc3cc(-c4ncc(F)cn4)c(C(F)(F)F)cn3)C(C1)N2C(=O)Nc1cc(-c2ncn(C)n2)c(C(F)(F)F)cn1. The van der Waals surface area contributed by atoms with Crippen molar-refractivity contribution in [2.75, 3.05) is 17.7 Å². The van der Waals surface area contributed by atoms with Crippen LogP contribution in [0.4, 0.5) is 52.0 Å². The number of ether oxygens (including phenoxy) is 2. The van der Waals surface area contributed by atoms with Crippen molar-refractivity contribution >= 4 is 35.5 Å². The van der Waals surface area contributed by atoms with Gasteiger partial charge in [0.1, 0.15) is 23.5 Å². The van der Waals surface area contributed by atoms with Gasteiger partial charge in [0, 0.05) is 62.6 Å². The molecule has 2 saturated heterocycles. The molecule has 4 aromatic rings. The summed E-state index contributed by atoms with van der Waals surface area (Å²) < 4.78 is 110. The van der Waals surface area contributed by atoms with E-state index >= 15 is 0 Å². The summed E-state index contributed by atoms with van der Waals surface area (Å²) >= 11 is 0. The van der Waals surface area contributed by atoms with Gasteiger partial charge in [0.05, 0.1) is 35.2 Å². The molecule has 2 saturated carbocycles. The molecule has 17 nitrogen and oxygen atoms in total. The molecular formula is C42H46F7N13O4. The van der Waals surface area contributed by atoms with Crippen molar-refractivity contribution in [1.29, 1.82) is 10.8 Å². The number of hydrogen-bond donors (Lipinski definition) is 4. The van der Waals surface area contributed by atoms with Gasteiger partial charge >= 0.3 is 24.4 Å². The maximum Gasteiger partial charge on any atom is 0.418 e. The number of nitrogens with zero attached hydrogens (tertiary/aromatic N) is 9. The summed E-state index contributed by atoms with van der Waals surface area (Å²) in [5.41, 5.74) is -5.17. The van der Waals surface area contributed by atoms with Crippen molar-refractivity contribution in [1.82, 2.24) is 44.5 Å². The number of nitrogens with one attached hydrogen (secondary N) is 4. The normalized spacial score (nSPS) is 26.2. The molecule has 4 bridgehead atoms. The zero-order valence-electron chi connectivity index (χ0n) is 36.3. The zero-order valence-corrected chi connectivity index (χ0v) is 36.3. The zero-order chi connectivity index (χ0) is 47.7. The lowest BCUT2D eigenvalue weighted by molar-refractivity contribution is -0.181. The molecule has 0 spiro atoms. The predicted octanol–water partition coefficient (Wildman–Crippen LogP) is 8.17. The lowest BCUT2D eigenvalue weighted by Crippen LogP contribution is -2.78. The first-order valence-corrected chi connectivity index (χ1v) is 21.1. The van der Waals surface area contributed by atoms with E-state index in [1.165, 1.54) is 30.1 Å². The van der Waals surface area contributed by atoms with E-state index in [1.807, 2.05) is 20.8 Å². The first-order valence-electron chi connectivity index (χ1n) is 21.1. The first-order chi connectivity index (χ1) is 31.0. The number of carbonyl (C=O) groups excluding carboxylic acids is 2. The van der Waals surface area contributed by atoms with E-state index < -0.39 is 69.9 Å². The third kappa shape index (κ3) is 8.27. The van der Waals surface area contributed by atoms with E-state index in [1.54, 1.807) is 4.90 Å². The van der Waals surface area contributed by atoms with E-state index in [4.69, 9.17) is 20.3 Å². The average Bonchev–Trinajstić information content (AvgIpc) is 3.67. The minimum absolute atomic E-state index is 0.0296. The number of fused-ring (bicyclic) bond motifs is 4. The Kier molecular flexibility index (Phi) is 11.8. The number of hydrogen-bond acceptors (Lipinski definition) is 12. The minimum atomic E-state index is -4.87. The number of pyridine rings is 2. The van der Waals surface area contributed by atoms with Crippen LogP contribution in [0.5, 0.6) is 0 Å². The third-order valence-corrected chi connectivity index (χ3v) is 13.5. The number of amides is 4. The molecule has 4 amide bonds. The molecule has 66 heavy (non-hydrogen) atoms. The number of urea groups is 2. The van der Waals surface area contributed by atoms with Crippen molar-refractivity contribution in [3.05, 3.63) is 60.2 Å². The van der Waals surface area contributed by atoms with E-state index in [9.17, 15) is 40.3 Å². The molecule has 24 heteroatoms. The summed E-state index contributed by atoms with van der Waals surface area (Å²) in [4.78, 5) is 50.2. The number of aryl methyl sites for hydroxylation is 1. The van der Waals surface area contributed by atoms with E-state index in [2.05, 4.69) is 40.7 Å². The van der Waals surface area contributed by atoms with Crippen molar-refractivity contribution in [3.63, 3.8) is 0 Å². The summed E-state index contributed by atoms with van der Waals surface area (Å²) in [6, 6.07) is -0.0181. The molecule has 4 aliphatic rings. The second kappa shape index (κ2) is 16.8. The van der Waals surface area contributed by atoms with Gasteiger partial charge in [-0.2, -0.15) is 31.4 Å². The molecule has 2 aliphatic heterocycles. The molecule has 0 aromatic carbocycles. The first kappa shape index (κ1) is 46.2. The van der Waals surface area contributed by atoms with Crippen LogP contribution in [0.15, 0.2) is 43.2 Å². The molecular weight excluding hydrogens is 884 g/mol. The van der Waals surface area contributed by atoms with Gasteiger partial charge in [-0.05, 0) is 68.9 Å². The molecule has 4 N–H and O–H groups in total. The summed E-state index contributed by atoms with van der Waals surface area (Å²) in [5, 5.41) is 27.2. The van der Waals surface area contributed by atoms with Crippen LogP contribution in [0, 0.1) is 34.4 Å². The van der Waals surface area contributed by atoms with Gasteiger partial charge in [0.25, 0.3) is 0 Å². The molecule has 352 valence electrons. The second-order valence-electron chi connectivity index (χ2n) is 17.7. The van der Waals surface area contributed by atoms with Gasteiger partial charge in [-0.25, -0.2) is 38.9 Å². The van der Waals surface area contributed by atoms with Gasteiger partial charge < -0.3 is 19.3 Å². The highest BCUT2D eigenvalue weighted by Gasteiger charge is 2.65. The van der Waals surface area contributed by atoms with Gasteiger partial charge in [0.15, 0.2) is 23.4 Å². The minimum Gasteiger partial charge on any atom is -0.427 e. The van der Waals surface area contributed by atoms with E-state index in [-0.39, 0.29) is 71.1 Å². The molecule has 2 aliphatic carbocycles. The maximum absolute atomic E-state index is 14.2. The highest BCUT2D eigenvalue weighted by molar-refractivity contribution is 6.00. The predicted molar refractivity (Wildman–Crippen MR) is 221 cm³/mol. The van der Waals surface area contributed by atoms with Crippen molar-refractivity contribution in [3.8, 4) is 22.8 Å². The van der Waals surface area contributed by atoms with Crippen molar-refractivity contribution < 1.29 is 49.8 Å². The molecule has 0 radical (unpaired) electrons. The monoisotopic (exact) mass is 929 g/mol. The van der Waals surface area contributed by atoms with Crippen LogP contribution in [0.1, 0.15) is 76.8 Å². The topological polar surface area (TPSA) is 213 Å². The number of alkyl halides is 6. The number of piperidine rings is 2. The molecule has 8 rings (SSSR count). The largest absolute Gasteiger partial charge is 0.427 e. The Morgan fingerprint density at radius 1 is 0.848 bits per heavy atom. The third-order valence-electron chi connectivity index (χ3n) is 13.5. The fourth-order valence-corrected chi connectivity index (χ4v) is 10.6. The van der Waals surface area contributed by atoms with Crippen LogP contribution in [0.25, 0.3) is 22.8 Å². The molecule has 4 unspecified atom stereocenters. The number of rotatable bonds is 10. The second-order valence-corrected chi connectivity index (χ2v) is 17.7. The number of carbonyl (C=O) groups is 2. The maximum atomic E-state index is 14.2. The number of anilines is 2. The van der Waals surface area contributed by atoms with Gasteiger partial charge in [-0.15, -0.1) is 0 Å². The molecule has 4 aromatic heterocycles. The van der Waals surface area contributed by atoms with Gasteiger partial charge in [-0.1, -0.05) is 13.8 Å². The highest BCUT2D eigenvalue weighted by atomic mass is 19.4. The standard InChI is InChI=1S/C42H46F7N13O4/c1-20-8-24-13-40(11-20,61(24)37(63)57-32-9-26(28(17-52-32)41(44,45)46)34-54-15-23(43)16-55-34)36(51)66-31(50)7-6-25-21(2)12-39(22(3)65-5)14-30(25)62(39)38(64)58-33-10-27(35-56-19-60(4)59-35)29(18-53-33)42(47,48)49/h9-10,15-22,24-25,30,50-51H,6-8,11-14H2,1-5H3,(H,52,57,63)(H,53,58,64)/t20-,21?,22-,24+,25?,30?,39?,40-/m1/s1. The van der Waals surface area contributed by atoms with Crippen LogP contribution < -0.4 is 10.6 Å². The summed E-state index contributed by atoms with van der Waals surface area (Å²) in [5.74, 6) is -2.58. The van der Waals surface area contributed by atoms with Crippen LogP contribution in [0.3, 0.4) is 0 Å². The Hall–Kier alpha value is -6.33. The van der Waals surface area contributed by atoms with Crippen LogP contribution in [-0.4, -0.2) is 105 Å². The molecule has 6 heterocycles. The van der Waals surface area contributed by atoms with Crippen LogP contribution >= 0.6 is 0 Å². The molecule has 8 atom stereocenters. The van der Waals surface area contributed by atoms with Gasteiger partial charge in [-0.3, -0.25) is 26.1 Å². The lowest BCUT2D eigenvalue weighted by atomic mass is 9.56. The molecule has 4 fully saturated rings. The fraction of sp³-hybridized carbons (Fsp3) is 0.524. The Morgan fingerprint density at radius 2 is 1.44 bits per heavy atom. The summed E-state index contributed by atoms with van der Waals surface area (Å²) in [6.45, 7) is 5.84. The lowest BCUT2D eigenvalue weighted by Gasteiger charge is -2.68. The number of likely N-dealkylation sites (tertiary alicyclic amines) is 2. The summed E-state index contributed by atoms with van der Waals surface area (Å²) in [7, 11) is 3.04. The number of methoxy groups -OCH3 is 1. The number of halogens is 7. The highest BCUT2D eigenvalue weighted by Crippen LogP contribution is 2.56.